The molecule has 1 aromatic heterocycles. The van der Waals surface area contributed by atoms with Crippen molar-refractivity contribution in [2.24, 2.45) is 0 Å². The number of para-hydroxylation sites is 1. The van der Waals surface area contributed by atoms with Gasteiger partial charge in [0.15, 0.2) is 0 Å². The van der Waals surface area contributed by atoms with Crippen LogP contribution in [0.3, 0.4) is 0 Å². The van der Waals surface area contributed by atoms with Crippen LogP contribution in [0.5, 0.6) is 5.75 Å². The van der Waals surface area contributed by atoms with E-state index in [-0.39, 0.29) is 11.8 Å². The highest BCUT2D eigenvalue weighted by Gasteiger charge is 2.27. The molecule has 2 heterocycles. The topological polar surface area (TPSA) is 50.6 Å². The van der Waals surface area contributed by atoms with Crippen LogP contribution >= 0.6 is 11.6 Å². The number of hydrogen-bond donors (Lipinski definition) is 0. The second-order valence-corrected chi connectivity index (χ2v) is 13.0. The number of amides is 1. The van der Waals surface area contributed by atoms with Crippen LogP contribution in [0, 0.1) is 6.92 Å². The molecule has 0 atom stereocenters. The van der Waals surface area contributed by atoms with Crippen LogP contribution in [0.25, 0.3) is 11.0 Å². The Kier molecular flexibility index (Phi) is 11.2. The summed E-state index contributed by atoms with van der Waals surface area (Å²) in [5, 5.41) is 0.678. The zero-order valence-electron chi connectivity index (χ0n) is 27.4. The van der Waals surface area contributed by atoms with Crippen LogP contribution in [0.1, 0.15) is 60.5 Å². The Balaban J connectivity index is 1.22. The fourth-order valence-corrected chi connectivity index (χ4v) is 6.87. The van der Waals surface area contributed by atoms with E-state index >= 15 is 0 Å². The van der Waals surface area contributed by atoms with E-state index in [1.54, 1.807) is 0 Å². The van der Waals surface area contributed by atoms with Crippen LogP contribution < -0.4 is 4.74 Å². The van der Waals surface area contributed by atoms with Crippen LogP contribution in [-0.2, 0) is 17.9 Å². The molecule has 1 saturated heterocycles. The Morgan fingerprint density at radius 1 is 0.809 bits per heavy atom. The van der Waals surface area contributed by atoms with Gasteiger partial charge in [-0.05, 0) is 99.3 Å². The van der Waals surface area contributed by atoms with Crippen LogP contribution in [0.2, 0.25) is 5.02 Å². The normalized spacial score (nSPS) is 13.7. The number of likely N-dealkylation sites (tertiary alicyclic amines) is 1. The number of aryl methyl sites for hydroxylation is 2. The van der Waals surface area contributed by atoms with Crippen molar-refractivity contribution in [3.63, 3.8) is 0 Å². The van der Waals surface area contributed by atoms with E-state index in [1.165, 1.54) is 32.4 Å². The predicted octanol–water partition coefficient (Wildman–Crippen LogP) is 8.50. The van der Waals surface area contributed by atoms with Gasteiger partial charge in [-0.25, -0.2) is 4.98 Å². The van der Waals surface area contributed by atoms with Crippen LogP contribution in [0.15, 0.2) is 103 Å². The van der Waals surface area contributed by atoms with Gasteiger partial charge >= 0.3 is 0 Å². The number of nitrogens with zero attached hydrogens (tertiary/aromatic N) is 4. The first kappa shape index (κ1) is 32.8. The molecule has 47 heavy (non-hydrogen) atoms. The van der Waals surface area contributed by atoms with Gasteiger partial charge in [-0.15, -0.1) is 0 Å². The lowest BCUT2D eigenvalue weighted by atomic mass is 9.90. The van der Waals surface area contributed by atoms with Gasteiger partial charge in [-0.1, -0.05) is 90.8 Å². The van der Waals surface area contributed by atoms with Crippen molar-refractivity contribution in [2.45, 2.75) is 58.1 Å². The zero-order chi connectivity index (χ0) is 32.4. The number of ether oxygens (including phenoxy) is 1. The maximum Gasteiger partial charge on any atom is 0.234 e. The first-order valence-corrected chi connectivity index (χ1v) is 17.4. The van der Waals surface area contributed by atoms with E-state index in [4.69, 9.17) is 21.3 Å². The first-order valence-electron chi connectivity index (χ1n) is 17.0. The molecule has 244 valence electrons. The average Bonchev–Trinajstić information content (AvgIpc) is 3.47. The minimum Gasteiger partial charge on any atom is -0.486 e. The fourth-order valence-electron chi connectivity index (χ4n) is 6.74. The second kappa shape index (κ2) is 16.1. The summed E-state index contributed by atoms with van der Waals surface area (Å²) in [4.78, 5) is 24.3. The predicted molar refractivity (Wildman–Crippen MR) is 191 cm³/mol. The first-order chi connectivity index (χ1) is 23.1. The number of benzene rings is 4. The van der Waals surface area contributed by atoms with Gasteiger partial charge in [-0.2, -0.15) is 0 Å². The molecule has 4 aromatic carbocycles. The molecule has 0 unspecified atom stereocenters. The summed E-state index contributed by atoms with van der Waals surface area (Å²) in [6.07, 6.45) is 5.64. The lowest BCUT2D eigenvalue weighted by molar-refractivity contribution is -0.132. The molecule has 0 bridgehead atoms. The monoisotopic (exact) mass is 648 g/mol. The highest BCUT2D eigenvalue weighted by molar-refractivity contribution is 6.30. The molecule has 0 aliphatic carbocycles. The largest absolute Gasteiger partial charge is 0.486 e. The minimum atomic E-state index is -0.340. The van der Waals surface area contributed by atoms with Crippen molar-refractivity contribution < 1.29 is 9.53 Å². The average molecular weight is 649 g/mol. The summed E-state index contributed by atoms with van der Waals surface area (Å²) in [7, 11) is 0. The van der Waals surface area contributed by atoms with Crippen molar-refractivity contribution in [1.82, 2.24) is 19.4 Å². The van der Waals surface area contributed by atoms with Crippen LogP contribution in [-0.4, -0.2) is 58.0 Å². The summed E-state index contributed by atoms with van der Waals surface area (Å²) in [5.74, 6) is 1.45. The number of halogens is 1. The fraction of sp³-hybridized carbons (Fsp3) is 0.350. The SMILES string of the molecule is Cc1cccc2c1nc(COc1ccc(Cl)cc1)n2CCCN(CCCN1CCCCC1)C(=O)C(c1ccccc1)c1ccccc1. The molecule has 6 rings (SSSR count). The van der Waals surface area contributed by atoms with Gasteiger partial charge in [0, 0.05) is 24.7 Å². The van der Waals surface area contributed by atoms with Gasteiger partial charge in [0.1, 0.15) is 18.2 Å². The van der Waals surface area contributed by atoms with Gasteiger partial charge in [0.2, 0.25) is 5.91 Å². The van der Waals surface area contributed by atoms with Crippen molar-refractivity contribution in [3.05, 3.63) is 131 Å². The molecule has 7 heteroatoms. The molecule has 0 spiro atoms. The summed E-state index contributed by atoms with van der Waals surface area (Å²) < 4.78 is 8.42. The van der Waals surface area contributed by atoms with Gasteiger partial charge in [-0.3, -0.25) is 4.79 Å². The highest BCUT2D eigenvalue weighted by atomic mass is 35.5. The number of hydrogen-bond acceptors (Lipinski definition) is 4. The molecule has 1 aliphatic rings. The van der Waals surface area contributed by atoms with E-state index in [9.17, 15) is 4.79 Å². The summed E-state index contributed by atoms with van der Waals surface area (Å²) >= 11 is 6.09. The number of carbonyl (C=O) groups is 1. The summed E-state index contributed by atoms with van der Waals surface area (Å²) in [5.41, 5.74) is 5.28. The highest BCUT2D eigenvalue weighted by Crippen LogP contribution is 2.28. The van der Waals surface area contributed by atoms with E-state index < -0.39 is 0 Å². The molecule has 0 saturated carbocycles. The summed E-state index contributed by atoms with van der Waals surface area (Å²) in [6, 6.07) is 34.2. The van der Waals surface area contributed by atoms with E-state index in [2.05, 4.69) is 63.8 Å². The van der Waals surface area contributed by atoms with Crippen molar-refractivity contribution in [2.75, 3.05) is 32.7 Å². The Hall–Kier alpha value is -4.13. The lowest BCUT2D eigenvalue weighted by Gasteiger charge is -2.30. The quantitative estimate of drug-likeness (QED) is 0.121. The Morgan fingerprint density at radius 3 is 2.11 bits per heavy atom. The van der Waals surface area contributed by atoms with E-state index in [0.29, 0.717) is 18.2 Å². The molecule has 1 fully saturated rings. The standard InChI is InChI=1S/C40H45ClN4O2/c1-31-14-11-19-36-39(31)42-37(30-47-35-22-20-34(41)21-23-35)45(36)29-13-28-44(27-12-26-43-24-9-4-10-25-43)40(46)38(32-15-5-2-6-16-32)33-17-7-3-8-18-33/h2-3,5-8,11,14-23,38H,4,9-10,12-13,24-30H2,1H3. The van der Waals surface area contributed by atoms with Gasteiger partial charge in [0.05, 0.1) is 17.0 Å². The number of piperidine rings is 1. The number of rotatable bonds is 14. The number of fused-ring (bicyclic) bond motifs is 1. The number of carbonyl (C=O) groups excluding carboxylic acids is 1. The molecule has 5 aromatic rings. The molecular formula is C40H45ClN4O2. The molecule has 0 N–H and O–H groups in total. The molecular weight excluding hydrogens is 604 g/mol. The lowest BCUT2D eigenvalue weighted by Crippen LogP contribution is -2.39. The molecule has 6 nitrogen and oxygen atoms in total. The molecule has 1 aliphatic heterocycles. The smallest absolute Gasteiger partial charge is 0.234 e. The Bertz CT molecular complexity index is 1680. The third kappa shape index (κ3) is 8.43. The second-order valence-electron chi connectivity index (χ2n) is 12.6. The van der Waals surface area contributed by atoms with E-state index in [0.717, 1.165) is 71.8 Å². The zero-order valence-corrected chi connectivity index (χ0v) is 28.1. The van der Waals surface area contributed by atoms with E-state index in [1.807, 2.05) is 60.7 Å². The third-order valence-electron chi connectivity index (χ3n) is 9.23. The third-order valence-corrected chi connectivity index (χ3v) is 9.48. The molecule has 0 radical (unpaired) electrons. The molecule has 1 amide bonds. The van der Waals surface area contributed by atoms with Crippen molar-refractivity contribution in [3.8, 4) is 5.75 Å². The van der Waals surface area contributed by atoms with Crippen molar-refractivity contribution >= 4 is 28.5 Å². The Morgan fingerprint density at radius 2 is 1.45 bits per heavy atom. The van der Waals surface area contributed by atoms with Crippen LogP contribution in [0.4, 0.5) is 0 Å². The summed E-state index contributed by atoms with van der Waals surface area (Å²) in [6.45, 7) is 7.94. The van der Waals surface area contributed by atoms with Crippen molar-refractivity contribution in [1.29, 1.82) is 0 Å². The Labute approximate surface area is 283 Å². The minimum absolute atomic E-state index is 0.165. The number of aromatic nitrogens is 2. The maximum atomic E-state index is 14.6. The maximum absolute atomic E-state index is 14.6. The number of imidazole rings is 1. The van der Waals surface area contributed by atoms with Gasteiger partial charge in [0.25, 0.3) is 0 Å². The van der Waals surface area contributed by atoms with Gasteiger partial charge < -0.3 is 19.1 Å².